The normalized spacial score (nSPS) is 35.6. The molecule has 0 saturated heterocycles. The lowest BCUT2D eigenvalue weighted by molar-refractivity contribution is 0.178. The number of hydrogen-bond acceptors (Lipinski definition) is 2. The van der Waals surface area contributed by atoms with Gasteiger partial charge in [-0.15, -0.1) is 0 Å². The Bertz CT molecular complexity index is 392. The fraction of sp³-hybridized carbons (Fsp3) is 0.600. The summed E-state index contributed by atoms with van der Waals surface area (Å²) in [7, 11) is 0. The molecule has 1 aliphatic carbocycles. The fourth-order valence-corrected chi connectivity index (χ4v) is 3.44. The maximum Gasteiger partial charge on any atom is 0.123 e. The van der Waals surface area contributed by atoms with E-state index in [0.717, 1.165) is 37.4 Å². The first-order valence-electron chi connectivity index (χ1n) is 6.68. The molecule has 92 valence electrons. The molecule has 2 heteroatoms. The third-order valence-electron chi connectivity index (χ3n) is 4.24. The zero-order chi connectivity index (χ0) is 11.9. The van der Waals surface area contributed by atoms with Crippen molar-refractivity contribution < 1.29 is 4.74 Å². The Morgan fingerprint density at radius 3 is 2.94 bits per heavy atom. The minimum atomic E-state index is 0.0200. The van der Waals surface area contributed by atoms with Crippen LogP contribution in [0.25, 0.3) is 0 Å². The Labute approximate surface area is 103 Å². The number of hydrogen-bond donors (Lipinski definition) is 1. The van der Waals surface area contributed by atoms with Crippen LogP contribution < -0.4 is 10.5 Å². The molecule has 1 heterocycles. The van der Waals surface area contributed by atoms with Crippen molar-refractivity contribution >= 4 is 0 Å². The molecule has 1 saturated carbocycles. The van der Waals surface area contributed by atoms with Crippen molar-refractivity contribution in [2.75, 3.05) is 0 Å². The molecule has 0 amide bonds. The summed E-state index contributed by atoms with van der Waals surface area (Å²) >= 11 is 0. The Hall–Kier alpha value is -1.02. The van der Waals surface area contributed by atoms with Crippen LogP contribution in [0.2, 0.25) is 0 Å². The van der Waals surface area contributed by atoms with Gasteiger partial charge in [-0.1, -0.05) is 25.1 Å². The molecule has 17 heavy (non-hydrogen) atoms. The third kappa shape index (κ3) is 2.19. The Kier molecular flexibility index (Phi) is 2.62. The van der Waals surface area contributed by atoms with Crippen molar-refractivity contribution in [3.05, 3.63) is 29.8 Å². The molecule has 3 rings (SSSR count). The van der Waals surface area contributed by atoms with Gasteiger partial charge >= 0.3 is 0 Å². The van der Waals surface area contributed by atoms with Crippen molar-refractivity contribution in [3.63, 3.8) is 0 Å². The van der Waals surface area contributed by atoms with Gasteiger partial charge in [-0.3, -0.25) is 0 Å². The Balaban J connectivity index is 1.66. The van der Waals surface area contributed by atoms with Gasteiger partial charge in [0, 0.05) is 18.4 Å². The molecule has 3 unspecified atom stereocenters. The molecule has 2 N–H and O–H groups in total. The highest BCUT2D eigenvalue weighted by molar-refractivity contribution is 5.37. The zero-order valence-electron chi connectivity index (χ0n) is 10.5. The van der Waals surface area contributed by atoms with E-state index in [2.05, 4.69) is 25.1 Å². The highest BCUT2D eigenvalue weighted by Crippen LogP contribution is 2.39. The van der Waals surface area contributed by atoms with E-state index in [4.69, 9.17) is 10.5 Å². The quantitative estimate of drug-likeness (QED) is 0.849. The van der Waals surface area contributed by atoms with Gasteiger partial charge in [0.2, 0.25) is 0 Å². The van der Waals surface area contributed by atoms with Crippen LogP contribution in [0.4, 0.5) is 0 Å². The Morgan fingerprint density at radius 1 is 1.41 bits per heavy atom. The molecule has 2 nitrogen and oxygen atoms in total. The number of ether oxygens (including phenoxy) is 1. The van der Waals surface area contributed by atoms with Crippen molar-refractivity contribution in [1.29, 1.82) is 0 Å². The van der Waals surface area contributed by atoms with Gasteiger partial charge in [0.15, 0.2) is 0 Å². The fourth-order valence-electron chi connectivity index (χ4n) is 3.44. The van der Waals surface area contributed by atoms with Crippen LogP contribution in [0.5, 0.6) is 5.75 Å². The van der Waals surface area contributed by atoms with Gasteiger partial charge in [0.1, 0.15) is 11.9 Å². The van der Waals surface area contributed by atoms with E-state index in [9.17, 15) is 0 Å². The smallest absolute Gasteiger partial charge is 0.123 e. The lowest BCUT2D eigenvalue weighted by Crippen LogP contribution is -2.41. The maximum atomic E-state index is 6.48. The van der Waals surface area contributed by atoms with Crippen LogP contribution in [-0.4, -0.2) is 11.6 Å². The number of benzene rings is 1. The minimum absolute atomic E-state index is 0.0200. The summed E-state index contributed by atoms with van der Waals surface area (Å²) in [6.07, 6.45) is 5.92. The summed E-state index contributed by atoms with van der Waals surface area (Å²) in [6, 6.07) is 8.35. The topological polar surface area (TPSA) is 35.2 Å². The van der Waals surface area contributed by atoms with Crippen LogP contribution >= 0.6 is 0 Å². The van der Waals surface area contributed by atoms with Crippen molar-refractivity contribution in [1.82, 2.24) is 0 Å². The second-order valence-electron chi connectivity index (χ2n) is 5.97. The number of fused-ring (bicyclic) bond motifs is 1. The molecule has 1 aliphatic heterocycles. The van der Waals surface area contributed by atoms with Gasteiger partial charge in [0.05, 0.1) is 0 Å². The van der Waals surface area contributed by atoms with E-state index in [0.29, 0.717) is 6.10 Å². The van der Waals surface area contributed by atoms with Gasteiger partial charge < -0.3 is 10.5 Å². The van der Waals surface area contributed by atoms with E-state index in [1.54, 1.807) is 0 Å². The second kappa shape index (κ2) is 4.02. The van der Waals surface area contributed by atoms with Crippen LogP contribution in [0.15, 0.2) is 24.3 Å². The van der Waals surface area contributed by atoms with Gasteiger partial charge in [-0.05, 0) is 36.8 Å². The van der Waals surface area contributed by atoms with Crippen LogP contribution in [-0.2, 0) is 6.42 Å². The predicted octanol–water partition coefficient (Wildman–Crippen LogP) is 2.90. The summed E-state index contributed by atoms with van der Waals surface area (Å²) in [5.41, 5.74) is 7.84. The standard InChI is InChI=1S/C15H21NO/c1-11-6-7-15(16,9-11)10-13-8-12-4-2-3-5-14(12)17-13/h2-5,11,13H,6-10,16H2,1H3. The molecule has 1 aromatic rings. The summed E-state index contributed by atoms with van der Waals surface area (Å²) < 4.78 is 5.99. The summed E-state index contributed by atoms with van der Waals surface area (Å²) in [5.74, 6) is 1.84. The van der Waals surface area contributed by atoms with Crippen LogP contribution in [0, 0.1) is 5.92 Å². The summed E-state index contributed by atoms with van der Waals surface area (Å²) in [5, 5.41) is 0. The van der Waals surface area contributed by atoms with E-state index in [1.165, 1.54) is 12.0 Å². The second-order valence-corrected chi connectivity index (χ2v) is 5.97. The SMILES string of the molecule is CC1CCC(N)(CC2Cc3ccccc3O2)C1. The van der Waals surface area contributed by atoms with Crippen molar-refractivity contribution in [2.24, 2.45) is 11.7 Å². The molecule has 0 aromatic heterocycles. The van der Waals surface area contributed by atoms with Gasteiger partial charge in [-0.25, -0.2) is 0 Å². The van der Waals surface area contributed by atoms with E-state index in [-0.39, 0.29) is 5.54 Å². The monoisotopic (exact) mass is 231 g/mol. The van der Waals surface area contributed by atoms with Crippen molar-refractivity contribution in [3.8, 4) is 5.75 Å². The molecule has 0 spiro atoms. The predicted molar refractivity (Wildman–Crippen MR) is 69.1 cm³/mol. The maximum absolute atomic E-state index is 6.48. The average Bonchev–Trinajstić information content (AvgIpc) is 2.81. The van der Waals surface area contributed by atoms with Crippen molar-refractivity contribution in [2.45, 2.75) is 50.7 Å². The van der Waals surface area contributed by atoms with E-state index >= 15 is 0 Å². The minimum Gasteiger partial charge on any atom is -0.490 e. The molecular weight excluding hydrogens is 210 g/mol. The molecular formula is C15H21NO. The van der Waals surface area contributed by atoms with E-state index in [1.807, 2.05) is 6.07 Å². The number of nitrogens with two attached hydrogens (primary N) is 1. The molecule has 1 aromatic carbocycles. The Morgan fingerprint density at radius 2 is 2.24 bits per heavy atom. The molecule has 2 aliphatic rings. The number of rotatable bonds is 2. The van der Waals surface area contributed by atoms with Gasteiger partial charge in [0.25, 0.3) is 0 Å². The van der Waals surface area contributed by atoms with Gasteiger partial charge in [-0.2, -0.15) is 0 Å². The summed E-state index contributed by atoms with van der Waals surface area (Å²) in [4.78, 5) is 0. The first-order valence-corrected chi connectivity index (χ1v) is 6.68. The number of para-hydroxylation sites is 1. The average molecular weight is 231 g/mol. The lowest BCUT2D eigenvalue weighted by Gasteiger charge is -2.27. The van der Waals surface area contributed by atoms with E-state index < -0.39 is 0 Å². The largest absolute Gasteiger partial charge is 0.490 e. The molecule has 0 bridgehead atoms. The highest BCUT2D eigenvalue weighted by Gasteiger charge is 2.37. The van der Waals surface area contributed by atoms with Crippen LogP contribution in [0.1, 0.15) is 38.2 Å². The molecule has 1 fully saturated rings. The lowest BCUT2D eigenvalue weighted by atomic mass is 9.89. The summed E-state index contributed by atoms with van der Waals surface area (Å²) in [6.45, 7) is 2.30. The highest BCUT2D eigenvalue weighted by atomic mass is 16.5. The first-order chi connectivity index (χ1) is 8.15. The first kappa shape index (κ1) is 11.1. The zero-order valence-corrected chi connectivity index (χ0v) is 10.5. The third-order valence-corrected chi connectivity index (χ3v) is 4.24. The van der Waals surface area contributed by atoms with Crippen LogP contribution in [0.3, 0.4) is 0 Å². The molecule has 0 radical (unpaired) electrons. The molecule has 3 atom stereocenters.